The first-order valence-electron chi connectivity index (χ1n) is 9.75. The standard InChI is InChI=1S/C21H22N2O2/c24-18-10-16-19-13-9-17-21(6-7-22(17)11-12(13)5-8-25-16)14-3-1-2-4-15(14)23(18)20(19)21/h1-5,13,16-17,19-20H,6-11H2/t13-,16-,17-,19-,20-,21+/m1/s1. The first-order chi connectivity index (χ1) is 12.3. The van der Waals surface area contributed by atoms with Crippen LogP contribution in [0.1, 0.15) is 24.8 Å². The lowest BCUT2D eigenvalue weighted by atomic mass is 9.53. The highest BCUT2D eigenvalue weighted by Gasteiger charge is 2.70. The Morgan fingerprint density at radius 3 is 3.12 bits per heavy atom. The fourth-order valence-corrected chi connectivity index (χ4v) is 7.51. The van der Waals surface area contributed by atoms with Crippen LogP contribution in [0.2, 0.25) is 0 Å². The molecule has 6 atom stereocenters. The third-order valence-corrected chi connectivity index (χ3v) is 8.22. The molecule has 7 rings (SSSR count). The smallest absolute Gasteiger partial charge is 0.229 e. The number of carbonyl (C=O) groups is 1. The number of carbonyl (C=O) groups excluding carboxylic acids is 1. The van der Waals surface area contributed by atoms with Gasteiger partial charge in [-0.25, -0.2) is 0 Å². The molecule has 5 heterocycles. The Morgan fingerprint density at radius 2 is 2.16 bits per heavy atom. The summed E-state index contributed by atoms with van der Waals surface area (Å²) >= 11 is 0. The van der Waals surface area contributed by atoms with Gasteiger partial charge in [0.15, 0.2) is 0 Å². The number of amides is 1. The number of ether oxygens (including phenoxy) is 1. The van der Waals surface area contributed by atoms with Crippen molar-refractivity contribution in [2.24, 2.45) is 11.8 Å². The molecule has 4 heteroatoms. The van der Waals surface area contributed by atoms with Crippen molar-refractivity contribution in [1.29, 1.82) is 0 Å². The summed E-state index contributed by atoms with van der Waals surface area (Å²) in [5, 5.41) is 0. The molecular weight excluding hydrogens is 312 g/mol. The highest BCUT2D eigenvalue weighted by Crippen LogP contribution is 2.65. The minimum Gasteiger partial charge on any atom is -0.373 e. The van der Waals surface area contributed by atoms with Crippen LogP contribution in [0.5, 0.6) is 0 Å². The number of hydrogen-bond donors (Lipinski definition) is 0. The first kappa shape index (κ1) is 13.5. The third-order valence-electron chi connectivity index (χ3n) is 8.22. The van der Waals surface area contributed by atoms with Gasteiger partial charge in [-0.1, -0.05) is 29.8 Å². The minimum absolute atomic E-state index is 0.104. The van der Waals surface area contributed by atoms with E-state index in [0.29, 0.717) is 36.9 Å². The van der Waals surface area contributed by atoms with E-state index in [1.807, 2.05) is 0 Å². The summed E-state index contributed by atoms with van der Waals surface area (Å²) in [7, 11) is 0. The molecule has 128 valence electrons. The molecule has 0 N–H and O–H groups in total. The minimum atomic E-state index is 0.104. The highest BCUT2D eigenvalue weighted by atomic mass is 16.5. The summed E-state index contributed by atoms with van der Waals surface area (Å²) in [4.78, 5) is 18.1. The average molecular weight is 334 g/mol. The second-order valence-corrected chi connectivity index (χ2v) is 8.78. The van der Waals surface area contributed by atoms with E-state index in [1.165, 1.54) is 30.6 Å². The van der Waals surface area contributed by atoms with Crippen molar-refractivity contribution < 1.29 is 9.53 Å². The number of piperidine rings is 2. The maximum atomic E-state index is 13.2. The van der Waals surface area contributed by atoms with Gasteiger partial charge in [0.2, 0.25) is 5.91 Å². The van der Waals surface area contributed by atoms with Gasteiger partial charge < -0.3 is 9.64 Å². The molecule has 1 saturated carbocycles. The van der Waals surface area contributed by atoms with Crippen LogP contribution in [-0.2, 0) is 14.9 Å². The molecule has 1 aromatic carbocycles. The van der Waals surface area contributed by atoms with Crippen LogP contribution in [0.15, 0.2) is 35.9 Å². The fraction of sp³-hybridized carbons (Fsp3) is 0.571. The molecule has 1 aliphatic carbocycles. The third kappa shape index (κ3) is 1.33. The van der Waals surface area contributed by atoms with Crippen LogP contribution in [0, 0.1) is 11.8 Å². The molecule has 4 fully saturated rings. The normalized spacial score (nSPS) is 45.9. The van der Waals surface area contributed by atoms with Crippen LogP contribution in [-0.4, -0.2) is 48.7 Å². The van der Waals surface area contributed by atoms with Gasteiger partial charge in [0.1, 0.15) is 0 Å². The Balaban J connectivity index is 1.55. The van der Waals surface area contributed by atoms with Crippen molar-refractivity contribution in [2.75, 3.05) is 24.6 Å². The number of hydrogen-bond acceptors (Lipinski definition) is 3. The number of anilines is 1. The van der Waals surface area contributed by atoms with E-state index in [9.17, 15) is 4.79 Å². The van der Waals surface area contributed by atoms with E-state index in [-0.39, 0.29) is 17.4 Å². The second-order valence-electron chi connectivity index (χ2n) is 8.78. The predicted molar refractivity (Wildman–Crippen MR) is 93.4 cm³/mol. The Bertz CT molecular complexity index is 848. The van der Waals surface area contributed by atoms with Gasteiger partial charge >= 0.3 is 0 Å². The molecule has 3 saturated heterocycles. The van der Waals surface area contributed by atoms with E-state index in [0.717, 1.165) is 6.54 Å². The van der Waals surface area contributed by atoms with Gasteiger partial charge in [-0.3, -0.25) is 9.69 Å². The number of para-hydroxylation sites is 1. The summed E-state index contributed by atoms with van der Waals surface area (Å²) < 4.78 is 6.25. The van der Waals surface area contributed by atoms with E-state index in [1.54, 1.807) is 5.57 Å². The van der Waals surface area contributed by atoms with E-state index in [2.05, 4.69) is 40.1 Å². The fourth-order valence-electron chi connectivity index (χ4n) is 7.51. The average Bonchev–Trinajstić information content (AvgIpc) is 3.10. The largest absolute Gasteiger partial charge is 0.373 e. The molecule has 6 aliphatic rings. The summed E-state index contributed by atoms with van der Waals surface area (Å²) in [6.07, 6.45) is 5.43. The Hall–Kier alpha value is -1.65. The lowest BCUT2D eigenvalue weighted by Crippen LogP contribution is -2.69. The quantitative estimate of drug-likeness (QED) is 0.681. The van der Waals surface area contributed by atoms with Crippen LogP contribution in [0.4, 0.5) is 5.69 Å². The number of rotatable bonds is 0. The molecule has 4 nitrogen and oxygen atoms in total. The lowest BCUT2D eigenvalue weighted by Gasteiger charge is -2.58. The zero-order valence-corrected chi connectivity index (χ0v) is 14.2. The van der Waals surface area contributed by atoms with Gasteiger partial charge in [-0.05, 0) is 36.9 Å². The van der Waals surface area contributed by atoms with Gasteiger partial charge in [0, 0.05) is 29.6 Å². The van der Waals surface area contributed by atoms with Crippen LogP contribution in [0.3, 0.4) is 0 Å². The van der Waals surface area contributed by atoms with Crippen molar-refractivity contribution in [2.45, 2.75) is 42.9 Å². The Morgan fingerprint density at radius 1 is 1.24 bits per heavy atom. The van der Waals surface area contributed by atoms with Gasteiger partial charge in [-0.15, -0.1) is 0 Å². The van der Waals surface area contributed by atoms with E-state index in [4.69, 9.17) is 4.74 Å². The lowest BCUT2D eigenvalue weighted by molar-refractivity contribution is -0.132. The van der Waals surface area contributed by atoms with Crippen molar-refractivity contribution in [3.8, 4) is 0 Å². The topological polar surface area (TPSA) is 32.8 Å². The van der Waals surface area contributed by atoms with Crippen molar-refractivity contribution in [3.05, 3.63) is 41.5 Å². The SMILES string of the molecule is O=C1C[C@H]2OCC=C3CN4CC[C@@]56c7ccccc7N1[C@@H]5[C@@H]2[C@@H]3C[C@@H]46. The molecule has 25 heavy (non-hydrogen) atoms. The van der Waals surface area contributed by atoms with E-state index < -0.39 is 0 Å². The predicted octanol–water partition coefficient (Wildman–Crippen LogP) is 2.09. The molecule has 1 spiro atoms. The Labute approximate surface area is 147 Å². The Kier molecular flexibility index (Phi) is 2.27. The molecule has 0 radical (unpaired) electrons. The van der Waals surface area contributed by atoms with Crippen LogP contribution < -0.4 is 4.90 Å². The zero-order valence-electron chi connectivity index (χ0n) is 14.2. The first-order valence-corrected chi connectivity index (χ1v) is 9.75. The van der Waals surface area contributed by atoms with Crippen molar-refractivity contribution in [1.82, 2.24) is 4.90 Å². The molecular formula is C21H22N2O2. The van der Waals surface area contributed by atoms with Gasteiger partial charge in [-0.2, -0.15) is 0 Å². The molecule has 1 aromatic rings. The summed E-state index contributed by atoms with van der Waals surface area (Å²) in [6.45, 7) is 2.97. The van der Waals surface area contributed by atoms with Gasteiger partial charge in [0.25, 0.3) is 0 Å². The molecule has 1 amide bonds. The van der Waals surface area contributed by atoms with Crippen LogP contribution in [0.25, 0.3) is 0 Å². The maximum absolute atomic E-state index is 13.2. The van der Waals surface area contributed by atoms with E-state index >= 15 is 0 Å². The molecule has 2 bridgehead atoms. The zero-order chi connectivity index (χ0) is 16.3. The van der Waals surface area contributed by atoms with Crippen molar-refractivity contribution >= 4 is 11.6 Å². The monoisotopic (exact) mass is 334 g/mol. The summed E-state index contributed by atoms with van der Waals surface area (Å²) in [5.41, 5.74) is 4.35. The number of nitrogens with zero attached hydrogens (tertiary/aromatic N) is 2. The van der Waals surface area contributed by atoms with Gasteiger partial charge in [0.05, 0.1) is 25.2 Å². The molecule has 0 unspecified atom stereocenters. The molecule has 0 aromatic heterocycles. The van der Waals surface area contributed by atoms with Crippen LogP contribution >= 0.6 is 0 Å². The maximum Gasteiger partial charge on any atom is 0.229 e. The number of benzene rings is 1. The second kappa shape index (κ2) is 4.18. The highest BCUT2D eigenvalue weighted by molar-refractivity contribution is 5.99. The summed E-state index contributed by atoms with van der Waals surface area (Å²) in [6, 6.07) is 9.64. The van der Waals surface area contributed by atoms with Crippen molar-refractivity contribution in [3.63, 3.8) is 0 Å². The summed E-state index contributed by atoms with van der Waals surface area (Å²) in [5.74, 6) is 1.35. The number of fused-ring (bicyclic) bond motifs is 2. The molecule has 5 aliphatic heterocycles.